The summed E-state index contributed by atoms with van der Waals surface area (Å²) < 4.78 is 3.46. The van der Waals surface area contributed by atoms with Crippen LogP contribution < -0.4 is 5.69 Å². The van der Waals surface area contributed by atoms with Gasteiger partial charge in [-0.25, -0.2) is 4.79 Å². The third-order valence-electron chi connectivity index (χ3n) is 4.69. The van der Waals surface area contributed by atoms with E-state index < -0.39 is 0 Å². The van der Waals surface area contributed by atoms with Crippen LogP contribution in [0, 0.1) is 6.92 Å². The average Bonchev–Trinajstić information content (AvgIpc) is 2.89. The zero-order chi connectivity index (χ0) is 17.4. The van der Waals surface area contributed by atoms with Crippen LogP contribution in [0.2, 0.25) is 0 Å². The highest BCUT2D eigenvalue weighted by molar-refractivity contribution is 5.78. The van der Waals surface area contributed by atoms with Crippen molar-refractivity contribution in [2.75, 3.05) is 0 Å². The van der Waals surface area contributed by atoms with Crippen molar-refractivity contribution in [3.63, 3.8) is 0 Å². The molecule has 0 saturated carbocycles. The SMILES string of the molecule is Cc1ccc(Cc2ccc(-n3c(=O)n(C)c4ccccc43)cc2)cc1. The Bertz CT molecular complexity index is 1080. The predicted molar refractivity (Wildman–Crippen MR) is 103 cm³/mol. The molecule has 1 heterocycles. The van der Waals surface area contributed by atoms with E-state index in [2.05, 4.69) is 43.3 Å². The van der Waals surface area contributed by atoms with E-state index in [9.17, 15) is 4.79 Å². The van der Waals surface area contributed by atoms with Gasteiger partial charge < -0.3 is 0 Å². The lowest BCUT2D eigenvalue weighted by molar-refractivity contribution is 0.846. The van der Waals surface area contributed by atoms with Gasteiger partial charge in [0.2, 0.25) is 0 Å². The first-order chi connectivity index (χ1) is 12.1. The van der Waals surface area contributed by atoms with Gasteiger partial charge in [-0.3, -0.25) is 9.13 Å². The number of para-hydroxylation sites is 2. The minimum absolute atomic E-state index is 0.0208. The second-order valence-electron chi connectivity index (χ2n) is 6.49. The van der Waals surface area contributed by atoms with E-state index in [4.69, 9.17) is 0 Å². The third-order valence-corrected chi connectivity index (χ3v) is 4.69. The molecular weight excluding hydrogens is 308 g/mol. The average molecular weight is 328 g/mol. The first kappa shape index (κ1) is 15.5. The first-order valence-electron chi connectivity index (χ1n) is 8.45. The van der Waals surface area contributed by atoms with E-state index in [0.717, 1.165) is 23.1 Å². The van der Waals surface area contributed by atoms with Crippen molar-refractivity contribution in [1.82, 2.24) is 9.13 Å². The summed E-state index contributed by atoms with van der Waals surface area (Å²) in [6, 6.07) is 24.7. The highest BCUT2D eigenvalue weighted by Gasteiger charge is 2.11. The van der Waals surface area contributed by atoms with E-state index >= 15 is 0 Å². The van der Waals surface area contributed by atoms with Crippen LogP contribution in [0.3, 0.4) is 0 Å². The van der Waals surface area contributed by atoms with Crippen LogP contribution in [0.15, 0.2) is 77.6 Å². The molecule has 3 nitrogen and oxygen atoms in total. The molecule has 3 heteroatoms. The van der Waals surface area contributed by atoms with E-state index in [1.807, 2.05) is 43.4 Å². The van der Waals surface area contributed by atoms with Gasteiger partial charge >= 0.3 is 5.69 Å². The highest BCUT2D eigenvalue weighted by atomic mass is 16.1. The Balaban J connectivity index is 1.70. The van der Waals surface area contributed by atoms with Crippen LogP contribution in [0.5, 0.6) is 0 Å². The molecule has 0 radical (unpaired) electrons. The number of nitrogens with zero attached hydrogens (tertiary/aromatic N) is 2. The molecule has 4 rings (SSSR count). The molecule has 0 spiro atoms. The third kappa shape index (κ3) is 2.78. The smallest absolute Gasteiger partial charge is 0.295 e. The number of benzene rings is 3. The molecule has 0 N–H and O–H groups in total. The zero-order valence-corrected chi connectivity index (χ0v) is 14.4. The lowest BCUT2D eigenvalue weighted by Crippen LogP contribution is -2.20. The molecule has 0 atom stereocenters. The number of fused-ring (bicyclic) bond motifs is 1. The molecular formula is C22H20N2O. The predicted octanol–water partition coefficient (Wildman–Crippen LogP) is 4.23. The summed E-state index contributed by atoms with van der Waals surface area (Å²) in [4.78, 5) is 12.6. The molecule has 4 aromatic rings. The summed E-state index contributed by atoms with van der Waals surface area (Å²) in [7, 11) is 1.81. The van der Waals surface area contributed by atoms with Crippen molar-refractivity contribution in [3.05, 3.63) is 100.0 Å². The minimum Gasteiger partial charge on any atom is -0.295 e. The zero-order valence-electron chi connectivity index (χ0n) is 14.4. The van der Waals surface area contributed by atoms with Gasteiger partial charge in [-0.2, -0.15) is 0 Å². The summed E-state index contributed by atoms with van der Waals surface area (Å²) in [6.45, 7) is 2.10. The molecule has 124 valence electrons. The Morgan fingerprint density at radius 1 is 0.760 bits per heavy atom. The number of imidazole rings is 1. The number of rotatable bonds is 3. The number of hydrogen-bond acceptors (Lipinski definition) is 1. The maximum Gasteiger partial charge on any atom is 0.333 e. The Morgan fingerprint density at radius 2 is 1.32 bits per heavy atom. The summed E-state index contributed by atoms with van der Waals surface area (Å²) in [5, 5.41) is 0. The molecule has 0 saturated heterocycles. The van der Waals surface area contributed by atoms with Crippen LogP contribution >= 0.6 is 0 Å². The van der Waals surface area contributed by atoms with E-state index in [-0.39, 0.29) is 5.69 Å². The van der Waals surface area contributed by atoms with Gasteiger partial charge in [0.1, 0.15) is 0 Å². The Labute approximate surface area is 146 Å². The van der Waals surface area contributed by atoms with E-state index in [1.165, 1.54) is 16.7 Å². The van der Waals surface area contributed by atoms with Gasteiger partial charge in [0.15, 0.2) is 0 Å². The molecule has 0 aliphatic heterocycles. The minimum atomic E-state index is -0.0208. The summed E-state index contributed by atoms with van der Waals surface area (Å²) in [6.07, 6.45) is 0.894. The molecule has 0 aliphatic carbocycles. The first-order valence-corrected chi connectivity index (χ1v) is 8.45. The Morgan fingerprint density at radius 3 is 1.96 bits per heavy atom. The van der Waals surface area contributed by atoms with Crippen molar-refractivity contribution in [3.8, 4) is 5.69 Å². The molecule has 0 unspecified atom stereocenters. The van der Waals surface area contributed by atoms with Crippen LogP contribution in [-0.4, -0.2) is 9.13 Å². The largest absolute Gasteiger partial charge is 0.333 e. The van der Waals surface area contributed by atoms with Crippen LogP contribution in [0.4, 0.5) is 0 Å². The summed E-state index contributed by atoms with van der Waals surface area (Å²) >= 11 is 0. The Kier molecular flexibility index (Phi) is 3.77. The summed E-state index contributed by atoms with van der Waals surface area (Å²) in [5.74, 6) is 0. The van der Waals surface area contributed by atoms with Gasteiger partial charge in [0, 0.05) is 7.05 Å². The fourth-order valence-corrected chi connectivity index (χ4v) is 3.25. The number of aromatic nitrogens is 2. The second-order valence-corrected chi connectivity index (χ2v) is 6.49. The van der Waals surface area contributed by atoms with E-state index in [1.54, 1.807) is 9.13 Å². The van der Waals surface area contributed by atoms with Gasteiger partial charge in [-0.1, -0.05) is 54.1 Å². The summed E-state index contributed by atoms with van der Waals surface area (Å²) in [5.41, 5.74) is 6.55. The lowest BCUT2D eigenvalue weighted by Gasteiger charge is -2.06. The normalized spacial score (nSPS) is 11.1. The van der Waals surface area contributed by atoms with E-state index in [0.29, 0.717) is 0 Å². The van der Waals surface area contributed by atoms with Crippen molar-refractivity contribution in [2.24, 2.45) is 7.05 Å². The van der Waals surface area contributed by atoms with Gasteiger partial charge in [-0.05, 0) is 48.7 Å². The highest BCUT2D eigenvalue weighted by Crippen LogP contribution is 2.18. The number of hydrogen-bond donors (Lipinski definition) is 0. The van der Waals surface area contributed by atoms with Gasteiger partial charge in [-0.15, -0.1) is 0 Å². The molecule has 1 aromatic heterocycles. The fraction of sp³-hybridized carbons (Fsp3) is 0.136. The number of aryl methyl sites for hydroxylation is 2. The van der Waals surface area contributed by atoms with Gasteiger partial charge in [0.05, 0.1) is 16.7 Å². The Hall–Kier alpha value is -3.07. The van der Waals surface area contributed by atoms with Crippen LogP contribution in [0.1, 0.15) is 16.7 Å². The quantitative estimate of drug-likeness (QED) is 0.553. The molecule has 0 fully saturated rings. The van der Waals surface area contributed by atoms with Crippen molar-refractivity contribution in [2.45, 2.75) is 13.3 Å². The topological polar surface area (TPSA) is 26.9 Å². The lowest BCUT2D eigenvalue weighted by atomic mass is 10.0. The standard InChI is InChI=1S/C22H20N2O/c1-16-7-9-17(10-8-16)15-18-11-13-19(14-12-18)24-21-6-4-3-5-20(21)23(2)22(24)25/h3-14H,15H2,1-2H3. The van der Waals surface area contributed by atoms with Gasteiger partial charge in [0.25, 0.3) is 0 Å². The van der Waals surface area contributed by atoms with Crippen LogP contribution in [0.25, 0.3) is 16.7 Å². The second kappa shape index (κ2) is 6.10. The maximum absolute atomic E-state index is 12.6. The van der Waals surface area contributed by atoms with Crippen molar-refractivity contribution >= 4 is 11.0 Å². The molecule has 0 aliphatic rings. The van der Waals surface area contributed by atoms with Crippen molar-refractivity contribution < 1.29 is 0 Å². The molecule has 25 heavy (non-hydrogen) atoms. The monoisotopic (exact) mass is 328 g/mol. The van der Waals surface area contributed by atoms with Crippen LogP contribution in [-0.2, 0) is 13.5 Å². The maximum atomic E-state index is 12.6. The molecule has 0 amide bonds. The molecule has 3 aromatic carbocycles. The fourth-order valence-electron chi connectivity index (χ4n) is 3.25. The molecule has 0 bridgehead atoms. The van der Waals surface area contributed by atoms with Crippen molar-refractivity contribution in [1.29, 1.82) is 0 Å².